The molecular formula is C17H18N2. The molecule has 1 atom stereocenters. The smallest absolute Gasteiger partial charge is 0.0486 e. The molecule has 0 aliphatic rings. The molecule has 0 saturated heterocycles. The molecule has 0 amide bonds. The minimum Gasteiger partial charge on any atom is -0.343 e. The molecule has 0 spiro atoms. The van der Waals surface area contributed by atoms with Crippen LogP contribution in [0.15, 0.2) is 60.8 Å². The minimum absolute atomic E-state index is 0.0573. The predicted molar refractivity (Wildman–Crippen MR) is 80.1 cm³/mol. The summed E-state index contributed by atoms with van der Waals surface area (Å²) in [5.74, 6) is 0. The lowest BCUT2D eigenvalue weighted by atomic mass is 10.1. The fourth-order valence-electron chi connectivity index (χ4n) is 2.55. The number of nitrogens with two attached hydrogens (primary N) is 1. The maximum Gasteiger partial charge on any atom is 0.0486 e. The third kappa shape index (κ3) is 2.27. The zero-order valence-electron chi connectivity index (χ0n) is 11.1. The molecule has 0 radical (unpaired) electrons. The van der Waals surface area contributed by atoms with Crippen LogP contribution in [0.25, 0.3) is 10.9 Å². The van der Waals surface area contributed by atoms with Gasteiger partial charge in [-0.05, 0) is 24.1 Å². The Morgan fingerprint density at radius 2 is 1.68 bits per heavy atom. The van der Waals surface area contributed by atoms with Gasteiger partial charge in [-0.3, -0.25) is 0 Å². The van der Waals surface area contributed by atoms with E-state index in [1.807, 2.05) is 13.0 Å². The number of hydrogen-bond donors (Lipinski definition) is 1. The van der Waals surface area contributed by atoms with Crippen molar-refractivity contribution in [2.24, 2.45) is 5.73 Å². The lowest BCUT2D eigenvalue weighted by molar-refractivity contribution is 0.790. The van der Waals surface area contributed by atoms with Crippen LogP contribution < -0.4 is 5.73 Å². The van der Waals surface area contributed by atoms with Crippen LogP contribution in [0.3, 0.4) is 0 Å². The first-order valence-corrected chi connectivity index (χ1v) is 6.63. The van der Waals surface area contributed by atoms with E-state index in [-0.39, 0.29) is 6.04 Å². The maximum absolute atomic E-state index is 6.07. The Balaban J connectivity index is 2.09. The fraction of sp³-hybridized carbons (Fsp3) is 0.176. The van der Waals surface area contributed by atoms with Gasteiger partial charge in [-0.25, -0.2) is 0 Å². The molecule has 0 fully saturated rings. The van der Waals surface area contributed by atoms with Crippen LogP contribution in [-0.2, 0) is 6.54 Å². The summed E-state index contributed by atoms with van der Waals surface area (Å²) in [5, 5.41) is 1.26. The molecule has 2 aromatic carbocycles. The quantitative estimate of drug-likeness (QED) is 0.754. The summed E-state index contributed by atoms with van der Waals surface area (Å²) < 4.78 is 2.28. The van der Waals surface area contributed by atoms with E-state index in [9.17, 15) is 0 Å². The zero-order valence-corrected chi connectivity index (χ0v) is 11.1. The lowest BCUT2D eigenvalue weighted by Crippen LogP contribution is -2.04. The van der Waals surface area contributed by atoms with Crippen molar-refractivity contribution in [2.45, 2.75) is 19.5 Å². The second-order valence-corrected chi connectivity index (χ2v) is 5.00. The number of rotatable bonds is 3. The van der Waals surface area contributed by atoms with Gasteiger partial charge in [0.15, 0.2) is 0 Å². The standard InChI is InChI=1S/C17H18N2/c1-13(18)16-12-19(11-14-7-3-2-4-8-14)17-10-6-5-9-15(16)17/h2-10,12-13H,11,18H2,1H3. The Labute approximate surface area is 113 Å². The van der Waals surface area contributed by atoms with Gasteiger partial charge in [0.2, 0.25) is 0 Å². The Morgan fingerprint density at radius 1 is 1.00 bits per heavy atom. The van der Waals surface area contributed by atoms with Crippen LogP contribution in [-0.4, -0.2) is 4.57 Å². The molecule has 3 aromatic rings. The molecule has 2 heteroatoms. The van der Waals surface area contributed by atoms with Crippen LogP contribution in [0.5, 0.6) is 0 Å². The number of benzene rings is 2. The van der Waals surface area contributed by atoms with Gasteiger partial charge in [-0.2, -0.15) is 0 Å². The zero-order chi connectivity index (χ0) is 13.2. The van der Waals surface area contributed by atoms with E-state index in [2.05, 4.69) is 59.3 Å². The summed E-state index contributed by atoms with van der Waals surface area (Å²) in [7, 11) is 0. The van der Waals surface area contributed by atoms with Crippen molar-refractivity contribution in [3.63, 3.8) is 0 Å². The summed E-state index contributed by atoms with van der Waals surface area (Å²) >= 11 is 0. The van der Waals surface area contributed by atoms with Gasteiger partial charge in [0.1, 0.15) is 0 Å². The summed E-state index contributed by atoms with van der Waals surface area (Å²) in [6, 6.07) is 19.0. The summed E-state index contributed by atoms with van der Waals surface area (Å²) in [4.78, 5) is 0. The van der Waals surface area contributed by atoms with Crippen molar-refractivity contribution < 1.29 is 0 Å². The highest BCUT2D eigenvalue weighted by Crippen LogP contribution is 2.25. The van der Waals surface area contributed by atoms with Crippen molar-refractivity contribution in [2.75, 3.05) is 0 Å². The molecule has 19 heavy (non-hydrogen) atoms. The molecular weight excluding hydrogens is 232 g/mol. The first kappa shape index (κ1) is 12.0. The molecule has 0 saturated carbocycles. The molecule has 3 rings (SSSR count). The average molecular weight is 250 g/mol. The van der Waals surface area contributed by atoms with Crippen LogP contribution in [0.1, 0.15) is 24.1 Å². The van der Waals surface area contributed by atoms with Gasteiger partial charge >= 0.3 is 0 Å². The number of aromatic nitrogens is 1. The highest BCUT2D eigenvalue weighted by Gasteiger charge is 2.10. The number of nitrogens with zero attached hydrogens (tertiary/aromatic N) is 1. The van der Waals surface area contributed by atoms with Gasteiger partial charge in [0.25, 0.3) is 0 Å². The van der Waals surface area contributed by atoms with E-state index in [0.717, 1.165) is 6.54 Å². The Bertz CT molecular complexity index is 681. The maximum atomic E-state index is 6.07. The fourth-order valence-corrected chi connectivity index (χ4v) is 2.55. The first-order valence-electron chi connectivity index (χ1n) is 6.63. The highest BCUT2D eigenvalue weighted by atomic mass is 15.0. The number of fused-ring (bicyclic) bond motifs is 1. The molecule has 2 nitrogen and oxygen atoms in total. The van der Waals surface area contributed by atoms with E-state index >= 15 is 0 Å². The van der Waals surface area contributed by atoms with E-state index in [0.29, 0.717) is 0 Å². The summed E-state index contributed by atoms with van der Waals surface area (Å²) in [5.41, 5.74) is 9.84. The highest BCUT2D eigenvalue weighted by molar-refractivity contribution is 5.84. The third-order valence-electron chi connectivity index (χ3n) is 3.51. The van der Waals surface area contributed by atoms with Crippen LogP contribution in [0, 0.1) is 0 Å². The predicted octanol–water partition coefficient (Wildman–Crippen LogP) is 3.71. The topological polar surface area (TPSA) is 30.9 Å². The van der Waals surface area contributed by atoms with Crippen molar-refractivity contribution >= 4 is 10.9 Å². The van der Waals surface area contributed by atoms with E-state index in [1.165, 1.54) is 22.0 Å². The molecule has 2 N–H and O–H groups in total. The van der Waals surface area contributed by atoms with Gasteiger partial charge in [-0.1, -0.05) is 48.5 Å². The first-order chi connectivity index (χ1) is 9.25. The Kier molecular flexibility index (Phi) is 3.10. The lowest BCUT2D eigenvalue weighted by Gasteiger charge is -2.05. The van der Waals surface area contributed by atoms with Crippen molar-refractivity contribution in [3.8, 4) is 0 Å². The molecule has 1 unspecified atom stereocenters. The normalized spacial score (nSPS) is 12.7. The van der Waals surface area contributed by atoms with Crippen molar-refractivity contribution in [1.29, 1.82) is 0 Å². The molecule has 1 heterocycles. The Morgan fingerprint density at radius 3 is 2.42 bits per heavy atom. The van der Waals surface area contributed by atoms with Crippen molar-refractivity contribution in [3.05, 3.63) is 71.9 Å². The van der Waals surface area contributed by atoms with Gasteiger partial charge in [-0.15, -0.1) is 0 Å². The number of hydrogen-bond acceptors (Lipinski definition) is 1. The number of para-hydroxylation sites is 1. The molecule has 0 aliphatic heterocycles. The summed E-state index contributed by atoms with van der Waals surface area (Å²) in [6.07, 6.45) is 2.18. The van der Waals surface area contributed by atoms with Gasteiger partial charge in [0.05, 0.1) is 0 Å². The second-order valence-electron chi connectivity index (χ2n) is 5.00. The molecule has 0 aliphatic carbocycles. The van der Waals surface area contributed by atoms with Gasteiger partial charge < -0.3 is 10.3 Å². The molecule has 96 valence electrons. The Hall–Kier alpha value is -2.06. The van der Waals surface area contributed by atoms with E-state index in [1.54, 1.807) is 0 Å². The average Bonchev–Trinajstić information content (AvgIpc) is 2.79. The minimum atomic E-state index is 0.0573. The third-order valence-corrected chi connectivity index (χ3v) is 3.51. The van der Waals surface area contributed by atoms with Crippen molar-refractivity contribution in [1.82, 2.24) is 4.57 Å². The van der Waals surface area contributed by atoms with E-state index in [4.69, 9.17) is 5.73 Å². The summed E-state index contributed by atoms with van der Waals surface area (Å²) in [6.45, 7) is 2.92. The van der Waals surface area contributed by atoms with E-state index < -0.39 is 0 Å². The SMILES string of the molecule is CC(N)c1cn(Cc2ccccc2)c2ccccc12. The largest absolute Gasteiger partial charge is 0.343 e. The second kappa shape index (κ2) is 4.90. The monoisotopic (exact) mass is 250 g/mol. The molecule has 1 aromatic heterocycles. The van der Waals surface area contributed by atoms with Crippen LogP contribution in [0.4, 0.5) is 0 Å². The molecule has 0 bridgehead atoms. The van der Waals surface area contributed by atoms with Crippen LogP contribution in [0.2, 0.25) is 0 Å². The van der Waals surface area contributed by atoms with Gasteiger partial charge in [0, 0.05) is 29.7 Å². The van der Waals surface area contributed by atoms with Crippen LogP contribution >= 0.6 is 0 Å².